The average Bonchev–Trinajstić information content (AvgIpc) is 2.37. The van der Waals surface area contributed by atoms with Crippen molar-refractivity contribution in [2.24, 2.45) is 0 Å². The Morgan fingerprint density at radius 3 is 2.65 bits per heavy atom. The molecule has 0 fully saturated rings. The highest BCUT2D eigenvalue weighted by Gasteiger charge is 2.21. The maximum Gasteiger partial charge on any atom is 0.351 e. The molecule has 0 aliphatic carbocycles. The number of rotatable bonds is 3. The fraction of sp³-hybridized carbons (Fsp3) is 0.0769. The third kappa shape index (κ3) is 2.41. The second-order valence-corrected chi connectivity index (χ2v) is 4.04. The minimum atomic E-state index is -0.987. The van der Waals surface area contributed by atoms with Gasteiger partial charge < -0.3 is 9.52 Å². The summed E-state index contributed by atoms with van der Waals surface area (Å²) in [6.07, 6.45) is 0. The zero-order valence-electron chi connectivity index (χ0n) is 10.3. The molecule has 0 unspecified atom stereocenters. The van der Waals surface area contributed by atoms with Crippen LogP contribution in [0.15, 0.2) is 39.5 Å². The van der Waals surface area contributed by atoms with Crippen LogP contribution < -0.4 is 5.63 Å². The number of ketones is 1. The van der Waals surface area contributed by atoms with Crippen molar-refractivity contribution in [2.45, 2.75) is 6.92 Å². The fourth-order valence-corrected chi connectivity index (χ4v) is 1.71. The van der Waals surface area contributed by atoms with Gasteiger partial charge in [-0.1, -0.05) is 12.1 Å². The predicted molar refractivity (Wildman–Crippen MR) is 67.9 cm³/mol. The highest BCUT2D eigenvalue weighted by atomic mass is 16.6. The van der Waals surface area contributed by atoms with Crippen molar-refractivity contribution < 1.29 is 19.2 Å². The number of nitro groups is 1. The number of nitro benzene ring substituents is 1. The summed E-state index contributed by atoms with van der Waals surface area (Å²) in [5.41, 5.74) is -1.90. The Morgan fingerprint density at radius 2 is 2.05 bits per heavy atom. The van der Waals surface area contributed by atoms with Crippen LogP contribution in [0.1, 0.15) is 21.7 Å². The molecule has 2 aromatic rings. The zero-order valence-corrected chi connectivity index (χ0v) is 10.3. The van der Waals surface area contributed by atoms with Crippen molar-refractivity contribution in [3.63, 3.8) is 0 Å². The first-order valence-corrected chi connectivity index (χ1v) is 5.53. The smallest absolute Gasteiger partial charge is 0.351 e. The number of non-ortho nitro benzene ring substituents is 1. The van der Waals surface area contributed by atoms with Crippen LogP contribution >= 0.6 is 0 Å². The van der Waals surface area contributed by atoms with Gasteiger partial charge in [-0.05, 0) is 6.92 Å². The summed E-state index contributed by atoms with van der Waals surface area (Å²) in [5, 5.41) is 20.3. The molecule has 1 heterocycles. The van der Waals surface area contributed by atoms with E-state index in [9.17, 15) is 24.8 Å². The van der Waals surface area contributed by atoms with Crippen molar-refractivity contribution in [3.8, 4) is 5.75 Å². The Hall–Kier alpha value is -2.96. The van der Waals surface area contributed by atoms with E-state index >= 15 is 0 Å². The van der Waals surface area contributed by atoms with Crippen LogP contribution in [-0.4, -0.2) is 15.8 Å². The van der Waals surface area contributed by atoms with Gasteiger partial charge in [0.05, 0.1) is 4.92 Å². The lowest BCUT2D eigenvalue weighted by Crippen LogP contribution is -2.15. The number of carbonyl (C=O) groups excluding carboxylic acids is 1. The van der Waals surface area contributed by atoms with Gasteiger partial charge in [0.25, 0.3) is 5.69 Å². The molecule has 1 aromatic carbocycles. The molecule has 1 N–H and O–H groups in total. The number of carbonyl (C=O) groups is 1. The van der Waals surface area contributed by atoms with Gasteiger partial charge in [-0.2, -0.15) is 0 Å². The second-order valence-electron chi connectivity index (χ2n) is 4.04. The monoisotopic (exact) mass is 275 g/mol. The van der Waals surface area contributed by atoms with E-state index in [-0.39, 0.29) is 17.0 Å². The lowest BCUT2D eigenvalue weighted by atomic mass is 10.0. The van der Waals surface area contributed by atoms with Crippen LogP contribution in [-0.2, 0) is 0 Å². The van der Waals surface area contributed by atoms with E-state index in [1.54, 1.807) is 0 Å². The van der Waals surface area contributed by atoms with E-state index in [1.807, 2.05) is 0 Å². The van der Waals surface area contributed by atoms with Gasteiger partial charge in [0.15, 0.2) is 0 Å². The van der Waals surface area contributed by atoms with Crippen molar-refractivity contribution in [1.82, 2.24) is 0 Å². The Kier molecular flexibility index (Phi) is 3.34. The van der Waals surface area contributed by atoms with Crippen LogP contribution in [0.4, 0.5) is 5.69 Å². The van der Waals surface area contributed by atoms with Crippen LogP contribution in [0.3, 0.4) is 0 Å². The van der Waals surface area contributed by atoms with E-state index in [4.69, 9.17) is 4.42 Å². The number of nitrogens with zero attached hydrogens (tertiary/aromatic N) is 1. The molecule has 0 atom stereocenters. The molecule has 0 aliphatic rings. The van der Waals surface area contributed by atoms with Crippen LogP contribution in [0.25, 0.3) is 0 Å². The summed E-state index contributed by atoms with van der Waals surface area (Å²) in [6.45, 7) is 1.45. The van der Waals surface area contributed by atoms with Gasteiger partial charge in [-0.3, -0.25) is 14.9 Å². The summed E-state index contributed by atoms with van der Waals surface area (Å²) in [5.74, 6) is -1.20. The number of hydrogen-bond acceptors (Lipinski definition) is 6. The van der Waals surface area contributed by atoms with Crippen LogP contribution in [0.2, 0.25) is 0 Å². The third-order valence-corrected chi connectivity index (χ3v) is 2.60. The molecule has 0 bridgehead atoms. The second kappa shape index (κ2) is 4.96. The molecule has 7 nitrogen and oxygen atoms in total. The summed E-state index contributed by atoms with van der Waals surface area (Å²) in [6, 6.07) is 6.01. The maximum atomic E-state index is 12.1. The van der Waals surface area contributed by atoms with Crippen LogP contribution in [0, 0.1) is 17.0 Å². The molecule has 0 aliphatic heterocycles. The minimum Gasteiger partial charge on any atom is -0.507 e. The molecule has 2 rings (SSSR count). The molecule has 0 saturated heterocycles. The first kappa shape index (κ1) is 13.5. The van der Waals surface area contributed by atoms with E-state index in [1.165, 1.54) is 25.1 Å². The Labute approximate surface area is 112 Å². The molecule has 0 spiro atoms. The van der Waals surface area contributed by atoms with E-state index in [2.05, 4.69) is 0 Å². The maximum absolute atomic E-state index is 12.1. The fourth-order valence-electron chi connectivity index (χ4n) is 1.71. The molecule has 7 heteroatoms. The highest BCUT2D eigenvalue weighted by molar-refractivity contribution is 6.10. The molecule has 1 aromatic heterocycles. The van der Waals surface area contributed by atoms with Crippen molar-refractivity contribution in [2.75, 3.05) is 0 Å². The van der Waals surface area contributed by atoms with Gasteiger partial charge in [0.2, 0.25) is 5.78 Å². The molecule has 0 amide bonds. The lowest BCUT2D eigenvalue weighted by molar-refractivity contribution is -0.384. The topological polar surface area (TPSA) is 111 Å². The minimum absolute atomic E-state index is 0.0781. The molecule has 20 heavy (non-hydrogen) atoms. The van der Waals surface area contributed by atoms with E-state index < -0.39 is 27.6 Å². The summed E-state index contributed by atoms with van der Waals surface area (Å²) < 4.78 is 4.74. The van der Waals surface area contributed by atoms with Gasteiger partial charge >= 0.3 is 5.63 Å². The van der Waals surface area contributed by atoms with Crippen molar-refractivity contribution in [1.29, 1.82) is 0 Å². The van der Waals surface area contributed by atoms with Gasteiger partial charge in [0, 0.05) is 23.8 Å². The van der Waals surface area contributed by atoms with Crippen molar-refractivity contribution >= 4 is 11.5 Å². The quantitative estimate of drug-likeness (QED) is 0.519. The van der Waals surface area contributed by atoms with Crippen LogP contribution in [0.5, 0.6) is 5.75 Å². The third-order valence-electron chi connectivity index (χ3n) is 2.60. The first-order chi connectivity index (χ1) is 9.40. The van der Waals surface area contributed by atoms with Gasteiger partial charge in [-0.25, -0.2) is 4.79 Å². The molecule has 0 saturated carbocycles. The normalized spacial score (nSPS) is 10.2. The predicted octanol–water partition coefficient (Wildman–Crippen LogP) is 1.79. The molecule has 0 radical (unpaired) electrons. The largest absolute Gasteiger partial charge is 0.507 e. The van der Waals surface area contributed by atoms with Gasteiger partial charge in [-0.15, -0.1) is 0 Å². The number of benzene rings is 1. The first-order valence-electron chi connectivity index (χ1n) is 5.53. The Morgan fingerprint density at radius 1 is 1.35 bits per heavy atom. The summed E-state index contributed by atoms with van der Waals surface area (Å²) in [4.78, 5) is 33.7. The van der Waals surface area contributed by atoms with Crippen molar-refractivity contribution in [3.05, 3.63) is 67.8 Å². The standard InChI is InChI=1S/C13H9NO6/c1-7-5-10(15)11(13(17)20-7)12(16)8-3-2-4-9(6-8)14(18)19/h2-6,15H,1H3. The number of hydrogen-bond donors (Lipinski definition) is 1. The summed E-state index contributed by atoms with van der Waals surface area (Å²) in [7, 11) is 0. The number of aromatic hydroxyl groups is 1. The Balaban J connectivity index is 2.55. The molecule has 102 valence electrons. The SMILES string of the molecule is Cc1cc(O)c(C(=O)c2cccc([N+](=O)[O-])c2)c(=O)o1. The van der Waals surface area contributed by atoms with E-state index in [0.29, 0.717) is 0 Å². The van der Waals surface area contributed by atoms with E-state index in [0.717, 1.165) is 12.1 Å². The molecular weight excluding hydrogens is 266 g/mol. The summed E-state index contributed by atoms with van der Waals surface area (Å²) >= 11 is 0. The average molecular weight is 275 g/mol. The zero-order chi connectivity index (χ0) is 14.9. The molecular formula is C13H9NO6. The highest BCUT2D eigenvalue weighted by Crippen LogP contribution is 2.20. The lowest BCUT2D eigenvalue weighted by Gasteiger charge is -2.03. The Bertz CT molecular complexity index is 762. The number of aryl methyl sites for hydroxylation is 1. The van der Waals surface area contributed by atoms with Gasteiger partial charge in [0.1, 0.15) is 17.1 Å².